The SMILES string of the molecule is Cc1cccc(C(=O)OCC(=O)N[C@H](C)c2cc3ccccc3o2)c1O. The number of rotatable bonds is 5. The Balaban J connectivity index is 1.58. The van der Waals surface area contributed by atoms with E-state index in [0.717, 1.165) is 11.0 Å². The quantitative estimate of drug-likeness (QED) is 0.686. The number of phenols is 1. The highest BCUT2D eigenvalue weighted by Gasteiger charge is 2.18. The first-order valence-electron chi connectivity index (χ1n) is 8.19. The summed E-state index contributed by atoms with van der Waals surface area (Å²) in [7, 11) is 0. The molecule has 6 heteroatoms. The normalized spacial score (nSPS) is 11.9. The second-order valence-corrected chi connectivity index (χ2v) is 6.02. The van der Waals surface area contributed by atoms with E-state index in [1.807, 2.05) is 30.3 Å². The fourth-order valence-corrected chi connectivity index (χ4v) is 2.60. The van der Waals surface area contributed by atoms with Crippen molar-refractivity contribution >= 4 is 22.8 Å². The van der Waals surface area contributed by atoms with Gasteiger partial charge in [0.2, 0.25) is 0 Å². The average Bonchev–Trinajstić information content (AvgIpc) is 3.06. The number of furan rings is 1. The number of amides is 1. The summed E-state index contributed by atoms with van der Waals surface area (Å²) in [5.74, 6) is -0.744. The van der Waals surface area contributed by atoms with Crippen molar-refractivity contribution in [2.45, 2.75) is 19.9 Å². The van der Waals surface area contributed by atoms with E-state index in [1.165, 1.54) is 6.07 Å². The van der Waals surface area contributed by atoms with Crippen molar-refractivity contribution in [3.05, 3.63) is 65.4 Å². The standard InChI is InChI=1S/C20H19NO5/c1-12-6-5-8-15(19(12)23)20(24)25-11-18(22)21-13(2)17-10-14-7-3-4-9-16(14)26-17/h3-10,13,23H,11H2,1-2H3,(H,21,22)/t13-/m1/s1. The predicted molar refractivity (Wildman–Crippen MR) is 95.9 cm³/mol. The number of phenolic OH excluding ortho intramolecular Hbond substituents is 1. The van der Waals surface area contributed by atoms with Crippen LogP contribution in [0.15, 0.2) is 52.9 Å². The lowest BCUT2D eigenvalue weighted by Crippen LogP contribution is -2.31. The molecule has 0 aliphatic heterocycles. The van der Waals surface area contributed by atoms with E-state index in [-0.39, 0.29) is 17.4 Å². The molecule has 2 aromatic carbocycles. The summed E-state index contributed by atoms with van der Waals surface area (Å²) >= 11 is 0. The first kappa shape index (κ1) is 17.5. The Hall–Kier alpha value is -3.28. The van der Waals surface area contributed by atoms with Crippen molar-refractivity contribution in [1.82, 2.24) is 5.32 Å². The van der Waals surface area contributed by atoms with Gasteiger partial charge in [0.1, 0.15) is 22.7 Å². The van der Waals surface area contributed by atoms with Crippen LogP contribution >= 0.6 is 0 Å². The number of benzene rings is 2. The van der Waals surface area contributed by atoms with Crippen LogP contribution in [0.25, 0.3) is 11.0 Å². The molecule has 0 aliphatic rings. The molecular weight excluding hydrogens is 334 g/mol. The summed E-state index contributed by atoms with van der Waals surface area (Å²) < 4.78 is 10.7. The molecule has 6 nitrogen and oxygen atoms in total. The van der Waals surface area contributed by atoms with Gasteiger partial charge in [-0.05, 0) is 37.6 Å². The number of carbonyl (C=O) groups is 2. The topological polar surface area (TPSA) is 88.8 Å². The minimum absolute atomic E-state index is 0.0307. The number of hydrogen-bond acceptors (Lipinski definition) is 5. The second kappa shape index (κ2) is 7.31. The molecule has 0 aliphatic carbocycles. The average molecular weight is 353 g/mol. The van der Waals surface area contributed by atoms with Crippen LogP contribution in [0.2, 0.25) is 0 Å². The molecule has 0 bridgehead atoms. The number of carbonyl (C=O) groups excluding carboxylic acids is 2. The maximum absolute atomic E-state index is 12.0. The highest BCUT2D eigenvalue weighted by atomic mass is 16.5. The van der Waals surface area contributed by atoms with Gasteiger partial charge in [0.15, 0.2) is 6.61 Å². The minimum Gasteiger partial charge on any atom is -0.507 e. The lowest BCUT2D eigenvalue weighted by Gasteiger charge is -2.12. The third kappa shape index (κ3) is 3.69. The van der Waals surface area contributed by atoms with E-state index in [4.69, 9.17) is 9.15 Å². The molecule has 0 saturated carbocycles. The zero-order valence-electron chi connectivity index (χ0n) is 14.5. The third-order valence-electron chi connectivity index (χ3n) is 4.04. The van der Waals surface area contributed by atoms with Crippen LogP contribution in [0, 0.1) is 6.92 Å². The Morgan fingerprint density at radius 1 is 1.19 bits per heavy atom. The van der Waals surface area contributed by atoms with Crippen LogP contribution in [0.5, 0.6) is 5.75 Å². The molecule has 134 valence electrons. The molecule has 1 heterocycles. The van der Waals surface area contributed by atoms with Crippen molar-refractivity contribution in [1.29, 1.82) is 0 Å². The fourth-order valence-electron chi connectivity index (χ4n) is 2.60. The molecule has 0 unspecified atom stereocenters. The summed E-state index contributed by atoms with van der Waals surface area (Å²) in [5.41, 5.74) is 1.33. The Morgan fingerprint density at radius 2 is 1.96 bits per heavy atom. The molecule has 26 heavy (non-hydrogen) atoms. The summed E-state index contributed by atoms with van der Waals surface area (Å²) in [5, 5.41) is 13.5. The number of esters is 1. The number of hydrogen-bond donors (Lipinski definition) is 2. The predicted octanol–water partition coefficient (Wildman–Crippen LogP) is 3.48. The zero-order valence-corrected chi connectivity index (χ0v) is 14.5. The van der Waals surface area contributed by atoms with Crippen LogP contribution in [0.1, 0.15) is 34.6 Å². The molecular formula is C20H19NO5. The summed E-state index contributed by atoms with van der Waals surface area (Å²) in [6, 6.07) is 13.8. The van der Waals surface area contributed by atoms with Gasteiger partial charge < -0.3 is 19.6 Å². The first-order chi connectivity index (χ1) is 12.5. The van der Waals surface area contributed by atoms with E-state index in [2.05, 4.69) is 5.32 Å². The van der Waals surface area contributed by atoms with Crippen molar-refractivity contribution in [3.8, 4) is 5.75 Å². The molecule has 0 saturated heterocycles. The van der Waals surface area contributed by atoms with Gasteiger partial charge in [-0.25, -0.2) is 4.79 Å². The Bertz CT molecular complexity index is 927. The maximum Gasteiger partial charge on any atom is 0.342 e. The highest BCUT2D eigenvalue weighted by molar-refractivity contribution is 5.94. The number of ether oxygens (including phenoxy) is 1. The minimum atomic E-state index is -0.752. The van der Waals surface area contributed by atoms with Crippen LogP contribution in [0.4, 0.5) is 0 Å². The molecule has 1 aromatic heterocycles. The molecule has 2 N–H and O–H groups in total. The molecule has 0 fully saturated rings. The van der Waals surface area contributed by atoms with Gasteiger partial charge in [-0.1, -0.05) is 30.3 Å². The van der Waals surface area contributed by atoms with Crippen LogP contribution in [-0.4, -0.2) is 23.6 Å². The maximum atomic E-state index is 12.0. The van der Waals surface area contributed by atoms with Gasteiger partial charge in [0.25, 0.3) is 5.91 Å². The van der Waals surface area contributed by atoms with Crippen molar-refractivity contribution < 1.29 is 23.8 Å². The van der Waals surface area contributed by atoms with Crippen molar-refractivity contribution in [2.75, 3.05) is 6.61 Å². The lowest BCUT2D eigenvalue weighted by atomic mass is 10.1. The van der Waals surface area contributed by atoms with Crippen LogP contribution < -0.4 is 5.32 Å². The van der Waals surface area contributed by atoms with Crippen molar-refractivity contribution in [2.24, 2.45) is 0 Å². The molecule has 3 aromatic rings. The fraction of sp³-hybridized carbons (Fsp3) is 0.200. The van der Waals surface area contributed by atoms with Crippen LogP contribution in [-0.2, 0) is 9.53 Å². The van der Waals surface area contributed by atoms with E-state index >= 15 is 0 Å². The number of aryl methyl sites for hydroxylation is 1. The number of fused-ring (bicyclic) bond motifs is 1. The molecule has 1 amide bonds. The second-order valence-electron chi connectivity index (χ2n) is 6.02. The molecule has 0 spiro atoms. The Kier molecular flexibility index (Phi) is 4.93. The van der Waals surface area contributed by atoms with Gasteiger partial charge in [0, 0.05) is 5.39 Å². The van der Waals surface area contributed by atoms with Crippen LogP contribution in [0.3, 0.4) is 0 Å². The van der Waals surface area contributed by atoms with Gasteiger partial charge in [0.05, 0.1) is 6.04 Å². The van der Waals surface area contributed by atoms with Crippen molar-refractivity contribution in [3.63, 3.8) is 0 Å². The summed E-state index contributed by atoms with van der Waals surface area (Å²) in [6.45, 7) is 3.01. The molecule has 3 rings (SSSR count). The highest BCUT2D eigenvalue weighted by Crippen LogP contribution is 2.24. The van der Waals surface area contributed by atoms with E-state index < -0.39 is 18.5 Å². The van der Waals surface area contributed by atoms with Gasteiger partial charge in [-0.3, -0.25) is 4.79 Å². The Labute approximate surface area is 150 Å². The Morgan fingerprint density at radius 3 is 2.73 bits per heavy atom. The van der Waals surface area contributed by atoms with Gasteiger partial charge >= 0.3 is 5.97 Å². The third-order valence-corrected chi connectivity index (χ3v) is 4.04. The van der Waals surface area contributed by atoms with E-state index in [0.29, 0.717) is 11.3 Å². The molecule has 1 atom stereocenters. The number of para-hydroxylation sites is 2. The lowest BCUT2D eigenvalue weighted by molar-refractivity contribution is -0.125. The monoisotopic (exact) mass is 353 g/mol. The van der Waals surface area contributed by atoms with Gasteiger partial charge in [-0.15, -0.1) is 0 Å². The number of aromatic hydroxyl groups is 1. The van der Waals surface area contributed by atoms with E-state index in [1.54, 1.807) is 26.0 Å². The zero-order chi connectivity index (χ0) is 18.7. The first-order valence-corrected chi connectivity index (χ1v) is 8.19. The largest absolute Gasteiger partial charge is 0.507 e. The summed E-state index contributed by atoms with van der Waals surface area (Å²) in [4.78, 5) is 24.1. The molecule has 0 radical (unpaired) electrons. The smallest absolute Gasteiger partial charge is 0.342 e. The van der Waals surface area contributed by atoms with E-state index in [9.17, 15) is 14.7 Å². The van der Waals surface area contributed by atoms with Gasteiger partial charge in [-0.2, -0.15) is 0 Å². The summed E-state index contributed by atoms with van der Waals surface area (Å²) in [6.07, 6.45) is 0. The number of nitrogens with one attached hydrogen (secondary N) is 1.